The normalized spacial score (nSPS) is 20.6. The summed E-state index contributed by atoms with van der Waals surface area (Å²) < 4.78 is 73.7. The molecule has 1 saturated carbocycles. The third kappa shape index (κ3) is 19.7. The number of aryl methyl sites for hydroxylation is 2. The van der Waals surface area contributed by atoms with E-state index in [1.165, 1.54) is 11.3 Å². The summed E-state index contributed by atoms with van der Waals surface area (Å²) in [6.45, 7) is 59.3. The molecule has 5 fully saturated rings. The first kappa shape index (κ1) is 94.7. The van der Waals surface area contributed by atoms with E-state index in [-0.39, 0.29) is 90.8 Å². The van der Waals surface area contributed by atoms with Crippen molar-refractivity contribution in [3.63, 3.8) is 0 Å². The Labute approximate surface area is 757 Å². The van der Waals surface area contributed by atoms with Gasteiger partial charge in [-0.05, 0) is 179 Å². The molecule has 11 heterocycles. The number of alkyl halides is 2. The van der Waals surface area contributed by atoms with Crippen LogP contribution in [0.3, 0.4) is 0 Å². The van der Waals surface area contributed by atoms with Crippen molar-refractivity contribution >= 4 is 120 Å². The number of benzene rings is 2. The van der Waals surface area contributed by atoms with E-state index in [4.69, 9.17) is 48.2 Å². The summed E-state index contributed by atoms with van der Waals surface area (Å²) in [5.41, 5.74) is 10.5. The van der Waals surface area contributed by atoms with Crippen LogP contribution in [0.25, 0.3) is 63.8 Å². The Kier molecular flexibility index (Phi) is 27.4. The molecule has 7 atom stereocenters. The van der Waals surface area contributed by atoms with Crippen LogP contribution in [0.5, 0.6) is 6.01 Å². The highest BCUT2D eigenvalue weighted by atomic mass is 32.1. The third-order valence-corrected chi connectivity index (χ3v) is 47.8. The molecule has 2 bridgehead atoms. The average Bonchev–Trinajstić information content (AvgIpc) is 1.56. The van der Waals surface area contributed by atoms with E-state index in [1.54, 1.807) is 20.9 Å². The quantitative estimate of drug-likeness (QED) is 0.0242. The van der Waals surface area contributed by atoms with Gasteiger partial charge in [-0.2, -0.15) is 20.2 Å². The number of amides is 3. The predicted molar refractivity (Wildman–Crippen MR) is 514 cm³/mol. The molecular formula is C95H139F2N15O8S2Si4. The van der Waals surface area contributed by atoms with Gasteiger partial charge in [0, 0.05) is 116 Å². The number of piperazine rings is 1. The number of hydrogen-bond acceptors (Lipinski definition) is 19. The number of aromatic nitrogens is 10. The number of nitrogens with one attached hydrogen (secondary N) is 1. The SMILES string of the molecule is CCn1nccc1-c1ccc([C@H](CO[Si](C)(C)C(C)(C)C)NC(=O)[C@@H]2C[C@@H](O[Si](C)(C)C(C)(C)C)CN2C(=O)[C@H](C(C)C)n2cc(CCC3CCN(C[C@@]4(COc5nc(N6CC7CCC(C6)N7C(=O)OC(C)(C)C)c6c(n5)sc5c(-c7c8cnn(COCC[Si](C)(C)C)c8cc8scc(C#C[Si](C(C)C)(C(C)C)C(C)C)c78)nccc56)CC4(F)F)CC3)nn2)cc1. The zero-order valence-corrected chi connectivity index (χ0v) is 85.2. The summed E-state index contributed by atoms with van der Waals surface area (Å²) in [7, 11) is -8.23. The summed E-state index contributed by atoms with van der Waals surface area (Å²) in [6.07, 6.45) is 11.5. The standard InChI is InChI=1S/C95H139F2N15O8S2Si4/c1-26-109-75(36-41-99-109)66-30-28-65(29-31-66)74(54-118-124(22,23)92(13,14)15)101-86(113)77-47-71(120-125(24,25)93(16,17)18)53-108(77)88(114)83(60(2)3)110-50-68(104-105-110)32-27-64-37-42-106(43-38-64)57-94(56-95(94,96)97)58-117-89-102-85(107-51-69-33-34-70(52-107)112(69)90(115)119-91(10,11)12)81-72-35-40-98-82(84(72)122-87(81)103-89)80-73-49-100-111(59-116-44-46-123(19,20)21)76(73)48-78-79(80)67(55-121-78)39-45-126(61(4)5,62(6)7)63(8)9/h28-31,35-36,40-41,48-50,55,60-64,69-71,74,77,83H,26-27,32-34,37-38,42-44,46-47,51-54,56-59H2,1-25H3,(H,101,113)/t69?,70?,71-,74+,77+,83+,94-/m1/s1. The molecule has 23 nitrogen and oxygen atoms in total. The topological polar surface area (TPSA) is 227 Å². The number of rotatable bonds is 31. The third-order valence-electron chi connectivity index (χ3n) is 28.7. The molecule has 684 valence electrons. The average molecular weight is 1830 g/mol. The zero-order chi connectivity index (χ0) is 91.1. The molecule has 5 aliphatic rings. The maximum absolute atomic E-state index is 16.5. The van der Waals surface area contributed by atoms with Gasteiger partial charge in [0.15, 0.2) is 16.6 Å². The molecule has 4 saturated heterocycles. The number of hydrogen-bond donors (Lipinski definition) is 1. The highest BCUT2D eigenvalue weighted by molar-refractivity contribution is 7.26. The molecule has 1 aliphatic carbocycles. The Morgan fingerprint density at radius 1 is 0.786 bits per heavy atom. The number of anilines is 1. The van der Waals surface area contributed by atoms with Crippen LogP contribution in [0, 0.1) is 28.7 Å². The lowest BCUT2D eigenvalue weighted by Gasteiger charge is -2.42. The van der Waals surface area contributed by atoms with Crippen LogP contribution < -0.4 is 15.0 Å². The minimum atomic E-state index is -2.99. The first-order valence-electron chi connectivity index (χ1n) is 46.2. The first-order valence-corrected chi connectivity index (χ1v) is 59.6. The van der Waals surface area contributed by atoms with E-state index >= 15 is 18.4 Å². The van der Waals surface area contributed by atoms with Crippen molar-refractivity contribution in [1.29, 1.82) is 0 Å². The number of thiophene rings is 2. The summed E-state index contributed by atoms with van der Waals surface area (Å²) in [6, 6.07) is 13.2. The van der Waals surface area contributed by atoms with E-state index in [2.05, 4.69) is 208 Å². The maximum atomic E-state index is 16.5. The fourth-order valence-corrected chi connectivity index (χ4v) is 29.8. The van der Waals surface area contributed by atoms with E-state index in [9.17, 15) is 4.79 Å². The Bertz CT molecular complexity index is 5450. The number of nitrogens with zero attached hydrogens (tertiary/aromatic N) is 14. The second-order valence-electron chi connectivity index (χ2n) is 43.3. The summed E-state index contributed by atoms with van der Waals surface area (Å²) >= 11 is 3.19. The number of halogens is 2. The van der Waals surface area contributed by atoms with Crippen LogP contribution in [0.4, 0.5) is 19.4 Å². The number of pyridine rings is 1. The largest absolute Gasteiger partial charge is 0.462 e. The second-order valence-corrected chi connectivity index (χ2v) is 66.0. The maximum Gasteiger partial charge on any atom is 0.410 e. The van der Waals surface area contributed by atoms with Crippen LogP contribution in [-0.4, -0.2) is 210 Å². The lowest BCUT2D eigenvalue weighted by molar-refractivity contribution is -0.142. The summed E-state index contributed by atoms with van der Waals surface area (Å²) in [5, 5.41) is 28.0. The molecular weight excluding hydrogens is 1690 g/mol. The van der Waals surface area contributed by atoms with Crippen molar-refractivity contribution in [2.45, 2.75) is 316 Å². The molecule has 4 aliphatic heterocycles. The summed E-state index contributed by atoms with van der Waals surface area (Å²) in [5.74, 6) is 1.11. The number of fused-ring (bicyclic) bond motifs is 7. The van der Waals surface area contributed by atoms with Gasteiger partial charge in [-0.25, -0.2) is 22.9 Å². The van der Waals surface area contributed by atoms with E-state index < -0.39 is 67.8 Å². The molecule has 2 aromatic carbocycles. The number of carbonyl (C=O) groups excluding carboxylic acids is 3. The highest BCUT2D eigenvalue weighted by Gasteiger charge is 2.72. The smallest absolute Gasteiger partial charge is 0.410 e. The van der Waals surface area contributed by atoms with E-state index in [0.29, 0.717) is 85.5 Å². The minimum absolute atomic E-state index is 0.0251. The van der Waals surface area contributed by atoms with Crippen molar-refractivity contribution < 1.29 is 46.2 Å². The Morgan fingerprint density at radius 2 is 1.46 bits per heavy atom. The number of likely N-dealkylation sites (tertiary alicyclic amines) is 2. The van der Waals surface area contributed by atoms with Crippen molar-refractivity contribution in [3.05, 3.63) is 89.5 Å². The van der Waals surface area contributed by atoms with Crippen molar-refractivity contribution in [1.82, 2.24) is 69.5 Å². The van der Waals surface area contributed by atoms with Crippen molar-refractivity contribution in [3.8, 4) is 40.0 Å². The van der Waals surface area contributed by atoms with Gasteiger partial charge in [-0.1, -0.05) is 152 Å². The molecule has 0 spiro atoms. The fourth-order valence-electron chi connectivity index (χ4n) is 19.3. The molecule has 126 heavy (non-hydrogen) atoms. The Balaban J connectivity index is 0.699. The van der Waals surface area contributed by atoms with Crippen LogP contribution in [0.15, 0.2) is 72.6 Å². The van der Waals surface area contributed by atoms with Gasteiger partial charge in [0.05, 0.1) is 75.1 Å². The van der Waals surface area contributed by atoms with Gasteiger partial charge in [0.1, 0.15) is 49.7 Å². The van der Waals surface area contributed by atoms with Crippen LogP contribution in [0.1, 0.15) is 198 Å². The Morgan fingerprint density at radius 3 is 2.08 bits per heavy atom. The van der Waals surface area contributed by atoms with Crippen LogP contribution in [0.2, 0.25) is 78.6 Å². The van der Waals surface area contributed by atoms with Gasteiger partial charge in [0.2, 0.25) is 11.8 Å². The van der Waals surface area contributed by atoms with Gasteiger partial charge < -0.3 is 43.1 Å². The molecule has 0 radical (unpaired) electrons. The first-order chi connectivity index (χ1) is 59.1. The molecule has 2 unspecified atom stereocenters. The molecule has 7 aromatic heterocycles. The minimum Gasteiger partial charge on any atom is -0.462 e. The Hall–Kier alpha value is -7.39. The van der Waals surface area contributed by atoms with Gasteiger partial charge >= 0.3 is 12.1 Å². The van der Waals surface area contributed by atoms with Crippen molar-refractivity contribution in [2.24, 2.45) is 17.3 Å². The monoisotopic (exact) mass is 1830 g/mol. The summed E-state index contributed by atoms with van der Waals surface area (Å²) in [4.78, 5) is 69.6. The van der Waals surface area contributed by atoms with E-state index in [1.807, 2.05) is 85.8 Å². The number of carbonyl (C=O) groups is 3. The van der Waals surface area contributed by atoms with Gasteiger partial charge in [0.25, 0.3) is 5.92 Å². The van der Waals surface area contributed by atoms with Gasteiger partial charge in [-0.3, -0.25) is 24.2 Å². The van der Waals surface area contributed by atoms with Gasteiger partial charge in [-0.15, -0.1) is 33.3 Å². The molecule has 3 amide bonds. The molecule has 14 rings (SSSR count). The number of ether oxygens (including phenoxy) is 3. The second kappa shape index (κ2) is 36.4. The molecule has 1 N–H and O–H groups in total. The van der Waals surface area contributed by atoms with Crippen molar-refractivity contribution in [2.75, 3.05) is 64.0 Å². The predicted octanol–water partition coefficient (Wildman–Crippen LogP) is 21.2. The molecule has 9 aromatic rings. The lowest BCUT2D eigenvalue weighted by atomic mass is 9.91. The number of piperidine rings is 1. The fraction of sp³-hybridized carbons (Fsp3) is 0.642. The zero-order valence-electron chi connectivity index (χ0n) is 79.5. The highest BCUT2D eigenvalue weighted by Crippen LogP contribution is 2.61. The lowest BCUT2D eigenvalue weighted by Crippen LogP contribution is -2.57. The van der Waals surface area contributed by atoms with Crippen LogP contribution in [-0.2, 0) is 47.6 Å². The molecule has 31 heteroatoms. The van der Waals surface area contributed by atoms with E-state index in [0.717, 1.165) is 120 Å². The van der Waals surface area contributed by atoms with Crippen LogP contribution >= 0.6 is 22.7 Å².